The molecule has 2 aliphatic rings. The number of anilines is 2. The zero-order valence-electron chi connectivity index (χ0n) is 18.5. The number of carbonyl (C=O) groups is 2. The summed E-state index contributed by atoms with van der Waals surface area (Å²) < 4.78 is 12.0. The zero-order chi connectivity index (χ0) is 23.7. The number of carbonyl (C=O) groups excluding carboxylic acids is 2. The third kappa shape index (κ3) is 4.27. The van der Waals surface area contributed by atoms with Crippen molar-refractivity contribution in [3.63, 3.8) is 0 Å². The summed E-state index contributed by atoms with van der Waals surface area (Å²) in [4.78, 5) is 51.1. The van der Waals surface area contributed by atoms with Gasteiger partial charge in [0, 0.05) is 31.6 Å². The van der Waals surface area contributed by atoms with Crippen LogP contribution in [0.1, 0.15) is 12.8 Å². The number of pyridine rings is 2. The Morgan fingerprint density at radius 3 is 2.94 bits per heavy atom. The van der Waals surface area contributed by atoms with Crippen LogP contribution in [-0.2, 0) is 16.1 Å². The van der Waals surface area contributed by atoms with Gasteiger partial charge in [-0.15, -0.1) is 0 Å². The molecular weight excluding hydrogens is 442 g/mol. The van der Waals surface area contributed by atoms with E-state index in [9.17, 15) is 14.4 Å². The van der Waals surface area contributed by atoms with Crippen LogP contribution < -0.4 is 30.6 Å². The lowest BCUT2D eigenvalue weighted by molar-refractivity contribution is -0.118. The number of aryl methyl sites for hydroxylation is 1. The molecule has 0 spiro atoms. The summed E-state index contributed by atoms with van der Waals surface area (Å²) in [6.07, 6.45) is 2.50. The minimum Gasteiger partial charge on any atom is -0.480 e. The molecule has 0 saturated carbocycles. The quantitative estimate of drug-likeness (QED) is 0.472. The van der Waals surface area contributed by atoms with Gasteiger partial charge in [-0.1, -0.05) is 0 Å². The molecule has 3 aromatic rings. The first-order chi connectivity index (χ1) is 16.5. The lowest BCUT2D eigenvalue weighted by Gasteiger charge is -2.21. The molecule has 3 aromatic heterocycles. The number of amides is 2. The third-order valence-electron chi connectivity index (χ3n) is 5.73. The molecule has 1 fully saturated rings. The standard InChI is InChI=1S/C22H23N7O5/c1-33-18-10-24-14-3-6-19(31)28(22(14)27-18)8-2-7-23-13-9-20(32)29(11-13)16-5-4-15-21(25-16)26-17(30)12-34-15/h3-6,10,13,23H,2,7-9,11-12H2,1H3,(H,25,26,30)/t13-/m1/s1. The summed E-state index contributed by atoms with van der Waals surface area (Å²) in [7, 11) is 1.50. The highest BCUT2D eigenvalue weighted by Crippen LogP contribution is 2.30. The Morgan fingerprint density at radius 2 is 2.09 bits per heavy atom. The van der Waals surface area contributed by atoms with Crippen LogP contribution >= 0.6 is 0 Å². The molecule has 12 nitrogen and oxygen atoms in total. The summed E-state index contributed by atoms with van der Waals surface area (Å²) in [6.45, 7) is 1.46. The number of rotatable bonds is 7. The molecule has 1 atom stereocenters. The average Bonchev–Trinajstić information content (AvgIpc) is 3.22. The van der Waals surface area contributed by atoms with Crippen molar-refractivity contribution in [3.05, 3.63) is 40.8 Å². The van der Waals surface area contributed by atoms with Crippen LogP contribution in [-0.4, -0.2) is 64.2 Å². The van der Waals surface area contributed by atoms with Gasteiger partial charge >= 0.3 is 0 Å². The minimum atomic E-state index is -0.279. The molecule has 0 aromatic carbocycles. The number of methoxy groups -OCH3 is 1. The predicted octanol–water partition coefficient (Wildman–Crippen LogP) is 0.311. The summed E-state index contributed by atoms with van der Waals surface area (Å²) >= 11 is 0. The normalized spacial score (nSPS) is 17.4. The number of nitrogens with one attached hydrogen (secondary N) is 2. The maximum atomic E-state index is 12.6. The highest BCUT2D eigenvalue weighted by Gasteiger charge is 2.32. The Hall–Kier alpha value is -4.06. The Bertz CT molecular complexity index is 1320. The molecule has 2 N–H and O–H groups in total. The smallest absolute Gasteiger partial charge is 0.263 e. The fourth-order valence-corrected chi connectivity index (χ4v) is 4.06. The topological polar surface area (TPSA) is 141 Å². The predicted molar refractivity (Wildman–Crippen MR) is 122 cm³/mol. The van der Waals surface area contributed by atoms with Crippen LogP contribution in [0.5, 0.6) is 11.6 Å². The summed E-state index contributed by atoms with van der Waals surface area (Å²) in [5.41, 5.74) is 0.931. The molecule has 0 radical (unpaired) electrons. The van der Waals surface area contributed by atoms with Crippen LogP contribution in [0.25, 0.3) is 11.2 Å². The van der Waals surface area contributed by atoms with Gasteiger partial charge in [0.15, 0.2) is 23.8 Å². The molecule has 5 heterocycles. The summed E-state index contributed by atoms with van der Waals surface area (Å²) in [5, 5.41) is 6.04. The van der Waals surface area contributed by atoms with Crippen molar-refractivity contribution in [1.29, 1.82) is 0 Å². The summed E-state index contributed by atoms with van der Waals surface area (Å²) in [5.74, 6) is 1.28. The second-order valence-electron chi connectivity index (χ2n) is 8.01. The minimum absolute atomic E-state index is 0.0479. The third-order valence-corrected chi connectivity index (χ3v) is 5.73. The van der Waals surface area contributed by atoms with Crippen molar-refractivity contribution in [2.75, 3.05) is 37.0 Å². The average molecular weight is 465 g/mol. The van der Waals surface area contributed by atoms with Crippen molar-refractivity contribution in [3.8, 4) is 11.6 Å². The molecule has 5 rings (SSSR count). The second-order valence-corrected chi connectivity index (χ2v) is 8.01. The second kappa shape index (κ2) is 9.06. The van der Waals surface area contributed by atoms with E-state index >= 15 is 0 Å². The van der Waals surface area contributed by atoms with Crippen molar-refractivity contribution >= 4 is 34.6 Å². The van der Waals surface area contributed by atoms with E-state index in [-0.39, 0.29) is 30.0 Å². The molecule has 0 bridgehead atoms. The molecule has 0 aliphatic carbocycles. The largest absolute Gasteiger partial charge is 0.480 e. The first-order valence-electron chi connectivity index (χ1n) is 10.9. The molecule has 0 unspecified atom stereocenters. The van der Waals surface area contributed by atoms with E-state index in [4.69, 9.17) is 9.47 Å². The Labute approximate surface area is 193 Å². The summed E-state index contributed by atoms with van der Waals surface area (Å²) in [6, 6.07) is 6.47. The Kier molecular flexibility index (Phi) is 5.80. The SMILES string of the molecule is COc1cnc2ccc(=O)n(CCCN[C@@H]3CC(=O)N(c4ccc5c(n4)NC(=O)CO5)C3)c2n1. The number of hydrogen-bond donors (Lipinski definition) is 2. The van der Waals surface area contributed by atoms with Gasteiger partial charge in [-0.2, -0.15) is 4.98 Å². The van der Waals surface area contributed by atoms with Gasteiger partial charge in [0.1, 0.15) is 11.3 Å². The van der Waals surface area contributed by atoms with Gasteiger partial charge in [-0.3, -0.25) is 23.9 Å². The van der Waals surface area contributed by atoms with Crippen LogP contribution in [0, 0.1) is 0 Å². The van der Waals surface area contributed by atoms with Crippen molar-refractivity contribution < 1.29 is 19.1 Å². The molecule has 1 saturated heterocycles. The lowest BCUT2D eigenvalue weighted by Crippen LogP contribution is -2.34. The van der Waals surface area contributed by atoms with E-state index in [1.807, 2.05) is 0 Å². The molecule has 2 aliphatic heterocycles. The fourth-order valence-electron chi connectivity index (χ4n) is 4.06. The van der Waals surface area contributed by atoms with E-state index in [1.54, 1.807) is 27.7 Å². The van der Waals surface area contributed by atoms with E-state index in [0.29, 0.717) is 66.9 Å². The van der Waals surface area contributed by atoms with Crippen molar-refractivity contribution in [2.24, 2.45) is 0 Å². The highest BCUT2D eigenvalue weighted by atomic mass is 16.5. The van der Waals surface area contributed by atoms with Crippen LogP contribution in [0.4, 0.5) is 11.6 Å². The van der Waals surface area contributed by atoms with Gasteiger partial charge in [-0.05, 0) is 31.2 Å². The maximum absolute atomic E-state index is 12.6. The van der Waals surface area contributed by atoms with E-state index in [0.717, 1.165) is 0 Å². The molecule has 34 heavy (non-hydrogen) atoms. The number of ether oxygens (including phenoxy) is 2. The van der Waals surface area contributed by atoms with Crippen LogP contribution in [0.15, 0.2) is 35.3 Å². The number of fused-ring (bicyclic) bond motifs is 2. The van der Waals surface area contributed by atoms with Crippen molar-refractivity contribution in [2.45, 2.75) is 25.4 Å². The maximum Gasteiger partial charge on any atom is 0.263 e. The first-order valence-corrected chi connectivity index (χ1v) is 10.9. The fraction of sp³-hybridized carbons (Fsp3) is 0.364. The Balaban J connectivity index is 1.20. The molecule has 176 valence electrons. The van der Waals surface area contributed by atoms with E-state index < -0.39 is 0 Å². The number of hydrogen-bond acceptors (Lipinski definition) is 9. The molecule has 2 amide bonds. The monoisotopic (exact) mass is 465 g/mol. The number of aromatic nitrogens is 4. The van der Waals surface area contributed by atoms with Crippen LogP contribution in [0.3, 0.4) is 0 Å². The van der Waals surface area contributed by atoms with Gasteiger partial charge in [0.2, 0.25) is 11.8 Å². The first kappa shape index (κ1) is 21.8. The molecule has 12 heteroatoms. The van der Waals surface area contributed by atoms with Crippen LogP contribution in [0.2, 0.25) is 0 Å². The highest BCUT2D eigenvalue weighted by molar-refractivity contribution is 5.97. The van der Waals surface area contributed by atoms with Gasteiger partial charge in [0.05, 0.1) is 13.3 Å². The number of nitrogens with zero attached hydrogens (tertiary/aromatic N) is 5. The zero-order valence-corrected chi connectivity index (χ0v) is 18.5. The van der Waals surface area contributed by atoms with Crippen molar-refractivity contribution in [1.82, 2.24) is 24.8 Å². The Morgan fingerprint density at radius 1 is 1.21 bits per heavy atom. The van der Waals surface area contributed by atoms with Gasteiger partial charge in [-0.25, -0.2) is 9.97 Å². The van der Waals surface area contributed by atoms with E-state index in [2.05, 4.69) is 25.6 Å². The van der Waals surface area contributed by atoms with Gasteiger partial charge < -0.3 is 20.1 Å². The molecular formula is C22H23N7O5. The van der Waals surface area contributed by atoms with Gasteiger partial charge in [0.25, 0.3) is 11.5 Å². The lowest BCUT2D eigenvalue weighted by atomic mass is 10.2. The van der Waals surface area contributed by atoms with E-state index in [1.165, 1.54) is 19.4 Å².